The highest BCUT2D eigenvalue weighted by atomic mass is 16.5. The molecule has 0 amide bonds. The van der Waals surface area contributed by atoms with E-state index in [1.807, 2.05) is 32.0 Å². The minimum atomic E-state index is -0.243. The number of aromatic nitrogens is 4. The van der Waals surface area contributed by atoms with Crippen molar-refractivity contribution in [1.29, 1.82) is 0 Å². The van der Waals surface area contributed by atoms with Crippen LogP contribution in [0.4, 0.5) is 0 Å². The van der Waals surface area contributed by atoms with Crippen molar-refractivity contribution in [2.75, 3.05) is 6.61 Å². The minimum Gasteiger partial charge on any atom is -0.493 e. The summed E-state index contributed by atoms with van der Waals surface area (Å²) in [6.45, 7) is 6.55. The molecule has 0 radical (unpaired) electrons. The van der Waals surface area contributed by atoms with E-state index in [2.05, 4.69) is 27.1 Å². The zero-order valence-electron chi connectivity index (χ0n) is 13.6. The third-order valence-corrected chi connectivity index (χ3v) is 3.67. The molecule has 2 N–H and O–H groups in total. The first-order valence-corrected chi connectivity index (χ1v) is 7.85. The second-order valence-corrected chi connectivity index (χ2v) is 5.50. The van der Waals surface area contributed by atoms with E-state index >= 15 is 0 Å². The lowest BCUT2D eigenvalue weighted by molar-refractivity contribution is 0.341. The van der Waals surface area contributed by atoms with Crippen molar-refractivity contribution in [3.63, 3.8) is 0 Å². The summed E-state index contributed by atoms with van der Waals surface area (Å²) in [5.41, 5.74) is 3.49. The maximum absolute atomic E-state index is 12.3. The molecule has 6 nitrogen and oxygen atoms in total. The number of fused-ring (bicyclic) bond motifs is 1. The van der Waals surface area contributed by atoms with E-state index in [9.17, 15) is 4.79 Å². The van der Waals surface area contributed by atoms with Crippen molar-refractivity contribution < 1.29 is 4.74 Å². The number of rotatable bonds is 5. The van der Waals surface area contributed by atoms with Gasteiger partial charge >= 0.3 is 0 Å². The first-order chi connectivity index (χ1) is 11.1. The van der Waals surface area contributed by atoms with E-state index < -0.39 is 0 Å². The van der Waals surface area contributed by atoms with Gasteiger partial charge in [-0.3, -0.25) is 9.89 Å². The van der Waals surface area contributed by atoms with Crippen LogP contribution in [0, 0.1) is 6.92 Å². The molecule has 0 aliphatic rings. The highest BCUT2D eigenvalue weighted by Gasteiger charge is 2.15. The number of aromatic amines is 2. The average Bonchev–Trinajstić information content (AvgIpc) is 2.93. The maximum atomic E-state index is 12.3. The van der Waals surface area contributed by atoms with Gasteiger partial charge in [0.15, 0.2) is 5.52 Å². The lowest BCUT2D eigenvalue weighted by Crippen LogP contribution is -2.10. The van der Waals surface area contributed by atoms with Gasteiger partial charge in [-0.15, -0.1) is 0 Å². The third kappa shape index (κ3) is 2.84. The second-order valence-electron chi connectivity index (χ2n) is 5.50. The quantitative estimate of drug-likeness (QED) is 0.758. The standard InChI is InChI=1S/C17H20N4O2/c1-4-6-12-14-15(21-20-12)17(22)19-16(18-14)11-9-10(3)7-8-13(11)23-5-2/h7-9H,4-6H2,1-3H3,(H,20,21)(H,18,19,22). The van der Waals surface area contributed by atoms with Crippen LogP contribution in [0.25, 0.3) is 22.4 Å². The highest BCUT2D eigenvalue weighted by Crippen LogP contribution is 2.29. The van der Waals surface area contributed by atoms with Gasteiger partial charge in [-0.25, -0.2) is 4.98 Å². The summed E-state index contributed by atoms with van der Waals surface area (Å²) in [5.74, 6) is 1.22. The second kappa shape index (κ2) is 6.24. The van der Waals surface area contributed by atoms with Crippen LogP contribution in [0.15, 0.2) is 23.0 Å². The number of H-pyrrole nitrogens is 2. The van der Waals surface area contributed by atoms with E-state index in [0.29, 0.717) is 29.2 Å². The summed E-state index contributed by atoms with van der Waals surface area (Å²) < 4.78 is 5.67. The Morgan fingerprint density at radius 1 is 1.22 bits per heavy atom. The zero-order chi connectivity index (χ0) is 16.4. The van der Waals surface area contributed by atoms with Gasteiger partial charge in [-0.05, 0) is 32.4 Å². The van der Waals surface area contributed by atoms with E-state index in [0.717, 1.165) is 29.7 Å². The van der Waals surface area contributed by atoms with Gasteiger partial charge in [0.25, 0.3) is 5.56 Å². The Morgan fingerprint density at radius 3 is 2.78 bits per heavy atom. The number of hydrogen-bond acceptors (Lipinski definition) is 4. The molecule has 0 bridgehead atoms. The Bertz CT molecular complexity index is 895. The molecule has 120 valence electrons. The number of nitrogens with zero attached hydrogens (tertiary/aromatic N) is 2. The molecular weight excluding hydrogens is 292 g/mol. The van der Waals surface area contributed by atoms with Gasteiger partial charge in [-0.2, -0.15) is 5.10 Å². The van der Waals surface area contributed by atoms with Gasteiger partial charge in [0, 0.05) is 0 Å². The maximum Gasteiger partial charge on any atom is 0.279 e. The number of aryl methyl sites for hydroxylation is 2. The fraction of sp³-hybridized carbons (Fsp3) is 0.353. The Morgan fingerprint density at radius 2 is 2.04 bits per heavy atom. The zero-order valence-corrected chi connectivity index (χ0v) is 13.6. The molecule has 0 saturated heterocycles. The van der Waals surface area contributed by atoms with Crippen molar-refractivity contribution in [1.82, 2.24) is 20.2 Å². The molecule has 0 atom stereocenters. The summed E-state index contributed by atoms with van der Waals surface area (Å²) in [6.07, 6.45) is 1.76. The van der Waals surface area contributed by atoms with Crippen LogP contribution in [-0.4, -0.2) is 26.8 Å². The van der Waals surface area contributed by atoms with E-state index in [1.165, 1.54) is 0 Å². The van der Waals surface area contributed by atoms with Crippen LogP contribution >= 0.6 is 0 Å². The first kappa shape index (κ1) is 15.3. The normalized spacial score (nSPS) is 11.1. The fourth-order valence-electron chi connectivity index (χ4n) is 2.62. The smallest absolute Gasteiger partial charge is 0.279 e. The van der Waals surface area contributed by atoms with Crippen molar-refractivity contribution in [2.24, 2.45) is 0 Å². The largest absolute Gasteiger partial charge is 0.493 e. The predicted molar refractivity (Wildman–Crippen MR) is 89.8 cm³/mol. The first-order valence-electron chi connectivity index (χ1n) is 7.85. The summed E-state index contributed by atoms with van der Waals surface area (Å²) in [4.78, 5) is 19.8. The Balaban J connectivity index is 2.22. The lowest BCUT2D eigenvalue weighted by Gasteiger charge is -2.10. The highest BCUT2D eigenvalue weighted by molar-refractivity contribution is 5.79. The molecule has 0 aliphatic carbocycles. The lowest BCUT2D eigenvalue weighted by atomic mass is 10.1. The Labute approximate surface area is 133 Å². The van der Waals surface area contributed by atoms with Crippen LogP contribution in [-0.2, 0) is 6.42 Å². The van der Waals surface area contributed by atoms with Crippen molar-refractivity contribution >= 4 is 11.0 Å². The summed E-state index contributed by atoms with van der Waals surface area (Å²) >= 11 is 0. The molecule has 0 saturated carbocycles. The molecule has 23 heavy (non-hydrogen) atoms. The molecule has 6 heteroatoms. The van der Waals surface area contributed by atoms with Crippen LogP contribution in [0.1, 0.15) is 31.5 Å². The van der Waals surface area contributed by atoms with E-state index in [1.54, 1.807) is 0 Å². The summed E-state index contributed by atoms with van der Waals surface area (Å²) in [5, 5.41) is 7.01. The van der Waals surface area contributed by atoms with E-state index in [-0.39, 0.29) is 5.56 Å². The molecule has 0 spiro atoms. The SMILES string of the molecule is CCCc1[nH]nc2c(=O)[nH]c(-c3cc(C)ccc3OCC)nc12. The molecule has 2 aromatic heterocycles. The van der Waals surface area contributed by atoms with Crippen LogP contribution in [0.5, 0.6) is 5.75 Å². The monoisotopic (exact) mass is 312 g/mol. The number of nitrogens with one attached hydrogen (secondary N) is 2. The van der Waals surface area contributed by atoms with Gasteiger partial charge in [0.1, 0.15) is 17.1 Å². The molecular formula is C17H20N4O2. The molecule has 0 unspecified atom stereocenters. The summed E-state index contributed by atoms with van der Waals surface area (Å²) in [6, 6.07) is 5.85. The molecule has 3 rings (SSSR count). The molecule has 1 aromatic carbocycles. The van der Waals surface area contributed by atoms with Gasteiger partial charge in [0.2, 0.25) is 0 Å². The van der Waals surface area contributed by atoms with Crippen LogP contribution in [0.2, 0.25) is 0 Å². The number of ether oxygens (including phenoxy) is 1. The number of benzene rings is 1. The molecule has 2 heterocycles. The van der Waals surface area contributed by atoms with Crippen molar-refractivity contribution in [2.45, 2.75) is 33.6 Å². The fourth-order valence-corrected chi connectivity index (χ4v) is 2.62. The van der Waals surface area contributed by atoms with Gasteiger partial charge in [-0.1, -0.05) is 25.0 Å². The minimum absolute atomic E-state index is 0.243. The number of hydrogen-bond donors (Lipinski definition) is 2. The van der Waals surface area contributed by atoms with Crippen LogP contribution in [0.3, 0.4) is 0 Å². The summed E-state index contributed by atoms with van der Waals surface area (Å²) in [7, 11) is 0. The predicted octanol–water partition coefficient (Wildman–Crippen LogP) is 2.97. The molecule has 0 fully saturated rings. The molecule has 0 aliphatic heterocycles. The van der Waals surface area contributed by atoms with Crippen molar-refractivity contribution in [3.8, 4) is 17.1 Å². The van der Waals surface area contributed by atoms with Gasteiger partial charge < -0.3 is 9.72 Å². The molecule has 3 aromatic rings. The van der Waals surface area contributed by atoms with Crippen LogP contribution < -0.4 is 10.3 Å². The van der Waals surface area contributed by atoms with Gasteiger partial charge in [0.05, 0.1) is 17.9 Å². The third-order valence-electron chi connectivity index (χ3n) is 3.67. The Kier molecular flexibility index (Phi) is 4.14. The van der Waals surface area contributed by atoms with Crippen molar-refractivity contribution in [3.05, 3.63) is 39.8 Å². The van der Waals surface area contributed by atoms with E-state index in [4.69, 9.17) is 4.74 Å². The Hall–Kier alpha value is -2.63. The topological polar surface area (TPSA) is 83.7 Å². The average molecular weight is 312 g/mol.